The molecular weight excluding hydrogens is 320 g/mol. The topological polar surface area (TPSA) is 81.8 Å². The summed E-state index contributed by atoms with van der Waals surface area (Å²) in [5, 5.41) is 11.5. The molecule has 6 nitrogen and oxygen atoms in total. The van der Waals surface area contributed by atoms with Crippen molar-refractivity contribution in [2.75, 3.05) is 0 Å². The normalized spacial score (nSPS) is 15.4. The maximum absolute atomic E-state index is 11.9. The molecule has 1 aliphatic rings. The molecule has 7 heteroatoms. The third-order valence-corrected chi connectivity index (χ3v) is 3.35. The molecule has 0 amide bonds. The Morgan fingerprint density at radius 3 is 2.70 bits per heavy atom. The summed E-state index contributed by atoms with van der Waals surface area (Å²) in [4.78, 5) is 26.5. The van der Waals surface area contributed by atoms with E-state index in [2.05, 4.69) is 4.99 Å². The van der Waals surface area contributed by atoms with Crippen LogP contribution in [-0.4, -0.2) is 16.8 Å². The predicted octanol–water partition coefficient (Wildman–Crippen LogP) is 3.59. The lowest BCUT2D eigenvalue weighted by molar-refractivity contribution is -0.385. The van der Waals surface area contributed by atoms with E-state index >= 15 is 0 Å². The molecule has 0 bridgehead atoms. The molecule has 23 heavy (non-hydrogen) atoms. The van der Waals surface area contributed by atoms with Crippen LogP contribution in [0.25, 0.3) is 6.08 Å². The molecule has 0 aliphatic carbocycles. The molecule has 2 aromatic carbocycles. The molecule has 0 unspecified atom stereocenters. The summed E-state index contributed by atoms with van der Waals surface area (Å²) in [7, 11) is 0. The van der Waals surface area contributed by atoms with Crippen molar-refractivity contribution < 1.29 is 14.5 Å². The van der Waals surface area contributed by atoms with Gasteiger partial charge in [-0.1, -0.05) is 29.8 Å². The van der Waals surface area contributed by atoms with Crippen LogP contribution in [0.4, 0.5) is 5.69 Å². The van der Waals surface area contributed by atoms with E-state index in [1.165, 1.54) is 18.2 Å². The van der Waals surface area contributed by atoms with E-state index in [-0.39, 0.29) is 22.8 Å². The van der Waals surface area contributed by atoms with Gasteiger partial charge in [0, 0.05) is 16.7 Å². The highest BCUT2D eigenvalue weighted by molar-refractivity contribution is 6.31. The van der Waals surface area contributed by atoms with Crippen LogP contribution in [-0.2, 0) is 9.53 Å². The molecule has 0 radical (unpaired) electrons. The number of rotatable bonds is 3. The SMILES string of the molecule is O=C1OC(c2cccc(Cl)c2)=NC1=Cc1ccccc1[N+](=O)[O-]. The number of aliphatic imine (C=N–C) groups is 1. The van der Waals surface area contributed by atoms with Crippen molar-refractivity contribution in [2.45, 2.75) is 0 Å². The second-order valence-corrected chi connectivity index (χ2v) is 5.10. The maximum atomic E-state index is 11.9. The zero-order valence-corrected chi connectivity index (χ0v) is 12.4. The second-order valence-electron chi connectivity index (χ2n) is 4.66. The fourth-order valence-electron chi connectivity index (χ4n) is 2.08. The third-order valence-electron chi connectivity index (χ3n) is 3.12. The van der Waals surface area contributed by atoms with Crippen molar-refractivity contribution in [3.63, 3.8) is 0 Å². The van der Waals surface area contributed by atoms with E-state index in [0.717, 1.165) is 0 Å². The van der Waals surface area contributed by atoms with Gasteiger partial charge in [0.2, 0.25) is 5.90 Å². The average molecular weight is 329 g/mol. The number of para-hydroxylation sites is 1. The second kappa shape index (κ2) is 6.02. The van der Waals surface area contributed by atoms with Crippen LogP contribution in [0.1, 0.15) is 11.1 Å². The minimum Gasteiger partial charge on any atom is -0.402 e. The third kappa shape index (κ3) is 3.12. The highest BCUT2D eigenvalue weighted by Gasteiger charge is 2.25. The maximum Gasteiger partial charge on any atom is 0.363 e. The van der Waals surface area contributed by atoms with Gasteiger partial charge < -0.3 is 4.74 Å². The Hall–Kier alpha value is -2.99. The lowest BCUT2D eigenvalue weighted by Crippen LogP contribution is -2.05. The van der Waals surface area contributed by atoms with Gasteiger partial charge in [-0.05, 0) is 30.3 Å². The highest BCUT2D eigenvalue weighted by Crippen LogP contribution is 2.25. The summed E-state index contributed by atoms with van der Waals surface area (Å²) in [5.41, 5.74) is 0.714. The Bertz CT molecular complexity index is 874. The van der Waals surface area contributed by atoms with E-state index in [9.17, 15) is 14.9 Å². The molecule has 1 heterocycles. The minimum atomic E-state index is -0.668. The molecule has 114 valence electrons. The van der Waals surface area contributed by atoms with Gasteiger partial charge in [0.05, 0.1) is 10.5 Å². The number of ether oxygens (including phenoxy) is 1. The first kappa shape index (κ1) is 14.9. The number of nitrogens with zero attached hydrogens (tertiary/aromatic N) is 2. The quantitative estimate of drug-likeness (QED) is 0.373. The summed E-state index contributed by atoms with van der Waals surface area (Å²) >= 11 is 5.90. The van der Waals surface area contributed by atoms with Gasteiger partial charge >= 0.3 is 5.97 Å². The van der Waals surface area contributed by atoms with Crippen molar-refractivity contribution in [2.24, 2.45) is 4.99 Å². The largest absolute Gasteiger partial charge is 0.402 e. The fourth-order valence-corrected chi connectivity index (χ4v) is 2.27. The van der Waals surface area contributed by atoms with Crippen LogP contribution >= 0.6 is 11.6 Å². The Morgan fingerprint density at radius 1 is 1.17 bits per heavy atom. The Balaban J connectivity index is 2.01. The van der Waals surface area contributed by atoms with Gasteiger partial charge in [0.15, 0.2) is 5.70 Å². The monoisotopic (exact) mass is 328 g/mol. The van der Waals surface area contributed by atoms with Gasteiger partial charge in [0.25, 0.3) is 5.69 Å². The van der Waals surface area contributed by atoms with Crippen LogP contribution in [0.5, 0.6) is 0 Å². The van der Waals surface area contributed by atoms with Gasteiger partial charge in [-0.2, -0.15) is 0 Å². The van der Waals surface area contributed by atoms with Crippen LogP contribution < -0.4 is 0 Å². The summed E-state index contributed by atoms with van der Waals surface area (Å²) in [6.45, 7) is 0. The van der Waals surface area contributed by atoms with E-state index in [1.54, 1.807) is 36.4 Å². The number of halogens is 1. The van der Waals surface area contributed by atoms with E-state index in [1.807, 2.05) is 0 Å². The number of nitro benzene ring substituents is 1. The standard InChI is InChI=1S/C16H9ClN2O4/c17-12-6-3-5-11(8-12)15-18-13(16(20)23-15)9-10-4-1-2-7-14(10)19(21)22/h1-9H. The molecule has 0 fully saturated rings. The van der Waals surface area contributed by atoms with E-state index in [0.29, 0.717) is 10.6 Å². The lowest BCUT2D eigenvalue weighted by Gasteiger charge is -1.99. The van der Waals surface area contributed by atoms with E-state index in [4.69, 9.17) is 16.3 Å². The number of hydrogen-bond donors (Lipinski definition) is 0. The van der Waals surface area contributed by atoms with Crippen LogP contribution in [0.2, 0.25) is 5.02 Å². The van der Waals surface area contributed by atoms with Gasteiger partial charge in [-0.3, -0.25) is 10.1 Å². The molecule has 1 aliphatic heterocycles. The summed E-state index contributed by atoms with van der Waals surface area (Å²) in [6.07, 6.45) is 1.33. The zero-order chi connectivity index (χ0) is 16.4. The smallest absolute Gasteiger partial charge is 0.363 e. The Kier molecular flexibility index (Phi) is 3.91. The molecule has 3 rings (SSSR count). The predicted molar refractivity (Wildman–Crippen MR) is 85.2 cm³/mol. The summed E-state index contributed by atoms with van der Waals surface area (Å²) in [5.74, 6) is -0.555. The minimum absolute atomic E-state index is 0.00530. The Labute approximate surface area is 135 Å². The summed E-state index contributed by atoms with van der Waals surface area (Å²) in [6, 6.07) is 12.8. The van der Waals surface area contributed by atoms with Crippen LogP contribution in [0.3, 0.4) is 0 Å². The van der Waals surface area contributed by atoms with Crippen molar-refractivity contribution in [1.29, 1.82) is 0 Å². The van der Waals surface area contributed by atoms with E-state index < -0.39 is 10.9 Å². The molecule has 2 aromatic rings. The average Bonchev–Trinajstić information content (AvgIpc) is 2.89. The number of benzene rings is 2. The molecule has 0 atom stereocenters. The zero-order valence-electron chi connectivity index (χ0n) is 11.6. The fraction of sp³-hybridized carbons (Fsp3) is 0. The number of esters is 1. The molecule has 0 saturated heterocycles. The molecule has 0 saturated carbocycles. The number of hydrogen-bond acceptors (Lipinski definition) is 5. The molecule has 0 spiro atoms. The first-order chi connectivity index (χ1) is 11.0. The number of nitro groups is 1. The molecule has 0 aromatic heterocycles. The Morgan fingerprint density at radius 2 is 1.96 bits per heavy atom. The number of carbonyl (C=O) groups excluding carboxylic acids is 1. The first-order valence-electron chi connectivity index (χ1n) is 6.56. The molecular formula is C16H9ClN2O4. The lowest BCUT2D eigenvalue weighted by atomic mass is 10.1. The molecule has 0 N–H and O–H groups in total. The van der Waals surface area contributed by atoms with Crippen molar-refractivity contribution >= 4 is 35.2 Å². The van der Waals surface area contributed by atoms with Gasteiger partial charge in [-0.15, -0.1) is 0 Å². The van der Waals surface area contributed by atoms with Crippen molar-refractivity contribution in [3.05, 3.63) is 80.5 Å². The summed E-state index contributed by atoms with van der Waals surface area (Å²) < 4.78 is 5.10. The van der Waals surface area contributed by atoms with Crippen molar-refractivity contribution in [1.82, 2.24) is 0 Å². The van der Waals surface area contributed by atoms with Gasteiger partial charge in [0.1, 0.15) is 0 Å². The van der Waals surface area contributed by atoms with Gasteiger partial charge in [-0.25, -0.2) is 9.79 Å². The van der Waals surface area contributed by atoms with Crippen LogP contribution in [0, 0.1) is 10.1 Å². The first-order valence-corrected chi connectivity index (χ1v) is 6.94. The van der Waals surface area contributed by atoms with Crippen molar-refractivity contribution in [3.8, 4) is 0 Å². The van der Waals surface area contributed by atoms with Crippen LogP contribution in [0.15, 0.2) is 59.2 Å². The number of carbonyl (C=O) groups is 1. The number of cyclic esters (lactones) is 1. The highest BCUT2D eigenvalue weighted by atomic mass is 35.5.